The van der Waals surface area contributed by atoms with Gasteiger partial charge in [0.1, 0.15) is 10.0 Å². The van der Waals surface area contributed by atoms with Crippen LogP contribution in [0.3, 0.4) is 0 Å². The number of carbonyl (C=O) groups is 1. The molecular weight excluding hydrogens is 324 g/mol. The predicted molar refractivity (Wildman–Crippen MR) is 89.5 cm³/mol. The summed E-state index contributed by atoms with van der Waals surface area (Å²) in [4.78, 5) is 12.3. The molecular formula is C16H12N6OS. The van der Waals surface area contributed by atoms with Gasteiger partial charge in [-0.05, 0) is 12.1 Å². The summed E-state index contributed by atoms with van der Waals surface area (Å²) in [6.45, 7) is 0.301. The summed E-state index contributed by atoms with van der Waals surface area (Å²) in [6.07, 6.45) is 1.75. The number of hydrogen-bond acceptors (Lipinski definition) is 6. The lowest BCUT2D eigenvalue weighted by atomic mass is 10.2. The van der Waals surface area contributed by atoms with Crippen molar-refractivity contribution in [2.75, 3.05) is 0 Å². The van der Waals surface area contributed by atoms with Gasteiger partial charge in [-0.25, -0.2) is 4.52 Å². The lowest BCUT2D eigenvalue weighted by molar-refractivity contribution is 0.0947. The molecule has 8 heteroatoms. The van der Waals surface area contributed by atoms with E-state index in [1.807, 2.05) is 42.5 Å². The van der Waals surface area contributed by atoms with E-state index >= 15 is 0 Å². The zero-order valence-electron chi connectivity index (χ0n) is 12.5. The van der Waals surface area contributed by atoms with Crippen molar-refractivity contribution in [1.29, 1.82) is 0 Å². The first-order chi connectivity index (χ1) is 11.8. The maximum atomic E-state index is 12.3. The van der Waals surface area contributed by atoms with Crippen molar-refractivity contribution >= 4 is 22.8 Å². The van der Waals surface area contributed by atoms with Crippen molar-refractivity contribution in [3.63, 3.8) is 0 Å². The molecule has 1 N–H and O–H groups in total. The van der Waals surface area contributed by atoms with Crippen molar-refractivity contribution in [2.45, 2.75) is 6.54 Å². The maximum absolute atomic E-state index is 12.3. The molecule has 4 aromatic rings. The molecule has 7 nitrogen and oxygen atoms in total. The number of hydrogen-bond donors (Lipinski definition) is 1. The fourth-order valence-electron chi connectivity index (χ4n) is 2.27. The summed E-state index contributed by atoms with van der Waals surface area (Å²) >= 11 is 1.45. The zero-order chi connectivity index (χ0) is 16.4. The number of rotatable bonds is 4. The molecule has 3 aromatic heterocycles. The first-order valence-corrected chi connectivity index (χ1v) is 8.09. The summed E-state index contributed by atoms with van der Waals surface area (Å²) < 4.78 is 1.56. The van der Waals surface area contributed by atoms with Crippen LogP contribution in [0, 0.1) is 0 Å². The van der Waals surface area contributed by atoms with Crippen LogP contribution in [0.15, 0.2) is 54.7 Å². The molecule has 0 aliphatic heterocycles. The monoisotopic (exact) mass is 336 g/mol. The number of nitrogens with one attached hydrogen (secondary N) is 1. The highest BCUT2D eigenvalue weighted by atomic mass is 32.1. The maximum Gasteiger partial charge on any atom is 0.274 e. The van der Waals surface area contributed by atoms with Crippen LogP contribution in [0.5, 0.6) is 0 Å². The Morgan fingerprint density at radius 2 is 1.88 bits per heavy atom. The van der Waals surface area contributed by atoms with E-state index in [9.17, 15) is 4.79 Å². The number of benzene rings is 1. The molecule has 1 aromatic carbocycles. The highest BCUT2D eigenvalue weighted by Crippen LogP contribution is 2.22. The quantitative estimate of drug-likeness (QED) is 0.617. The van der Waals surface area contributed by atoms with E-state index in [-0.39, 0.29) is 5.91 Å². The predicted octanol–water partition coefficient (Wildman–Crippen LogP) is 2.18. The third-order valence-electron chi connectivity index (χ3n) is 3.43. The molecule has 1 amide bonds. The number of fused-ring (bicyclic) bond motifs is 1. The van der Waals surface area contributed by atoms with Gasteiger partial charge in [0, 0.05) is 11.8 Å². The second-order valence-corrected chi connectivity index (χ2v) is 6.08. The molecule has 0 aliphatic carbocycles. The number of aromatic nitrogens is 5. The van der Waals surface area contributed by atoms with E-state index in [4.69, 9.17) is 0 Å². The molecule has 3 heterocycles. The Labute approximate surface area is 141 Å². The standard InChI is InChI=1S/C16H12N6OS/c23-15(14-12-8-4-5-9-22(12)21-19-14)17-10-13-18-20-16(24-13)11-6-2-1-3-7-11/h1-9H,10H2,(H,17,23). The van der Waals surface area contributed by atoms with Gasteiger partial charge in [-0.3, -0.25) is 4.79 Å². The van der Waals surface area contributed by atoms with E-state index in [0.717, 1.165) is 15.6 Å². The lowest BCUT2D eigenvalue weighted by Gasteiger charge is -1.99. The normalized spacial score (nSPS) is 10.8. The molecule has 0 saturated carbocycles. The fourth-order valence-corrected chi connectivity index (χ4v) is 3.05. The van der Waals surface area contributed by atoms with Gasteiger partial charge in [0.2, 0.25) is 0 Å². The van der Waals surface area contributed by atoms with E-state index in [1.165, 1.54) is 11.3 Å². The van der Waals surface area contributed by atoms with Crippen molar-refractivity contribution in [3.05, 3.63) is 65.4 Å². The van der Waals surface area contributed by atoms with Crippen LogP contribution < -0.4 is 5.32 Å². The van der Waals surface area contributed by atoms with Gasteiger partial charge in [-0.2, -0.15) is 0 Å². The Balaban J connectivity index is 1.47. The summed E-state index contributed by atoms with van der Waals surface area (Å²) in [7, 11) is 0. The van der Waals surface area contributed by atoms with E-state index in [2.05, 4.69) is 25.8 Å². The smallest absolute Gasteiger partial charge is 0.274 e. The molecule has 0 radical (unpaired) electrons. The zero-order valence-corrected chi connectivity index (χ0v) is 13.3. The number of nitrogens with zero attached hydrogens (tertiary/aromatic N) is 5. The van der Waals surface area contributed by atoms with Crippen LogP contribution in [0.2, 0.25) is 0 Å². The van der Waals surface area contributed by atoms with Crippen molar-refractivity contribution < 1.29 is 4.79 Å². The van der Waals surface area contributed by atoms with Gasteiger partial charge in [-0.1, -0.05) is 52.9 Å². The lowest BCUT2D eigenvalue weighted by Crippen LogP contribution is -2.23. The molecule has 24 heavy (non-hydrogen) atoms. The third kappa shape index (κ3) is 2.74. The second kappa shape index (κ2) is 6.17. The SMILES string of the molecule is O=C(NCc1nnc(-c2ccccc2)s1)c1nnn2ccccc12. The van der Waals surface area contributed by atoms with Crippen LogP contribution in [0.1, 0.15) is 15.5 Å². The summed E-state index contributed by atoms with van der Waals surface area (Å²) in [5.74, 6) is -0.285. The minimum Gasteiger partial charge on any atom is -0.344 e. The van der Waals surface area contributed by atoms with Gasteiger partial charge in [0.05, 0.1) is 12.1 Å². The van der Waals surface area contributed by atoms with Gasteiger partial charge in [0.15, 0.2) is 5.69 Å². The van der Waals surface area contributed by atoms with Crippen LogP contribution in [-0.2, 0) is 6.54 Å². The molecule has 0 fully saturated rings. The van der Waals surface area contributed by atoms with Crippen molar-refractivity contribution in [1.82, 2.24) is 30.3 Å². The molecule has 0 unspecified atom stereocenters. The van der Waals surface area contributed by atoms with Crippen LogP contribution >= 0.6 is 11.3 Å². The Hall–Kier alpha value is -3.13. The summed E-state index contributed by atoms with van der Waals surface area (Å²) in [6, 6.07) is 15.3. The van der Waals surface area contributed by atoms with E-state index in [0.29, 0.717) is 17.8 Å². The number of pyridine rings is 1. The highest BCUT2D eigenvalue weighted by molar-refractivity contribution is 7.14. The Morgan fingerprint density at radius 3 is 2.75 bits per heavy atom. The highest BCUT2D eigenvalue weighted by Gasteiger charge is 2.15. The Bertz CT molecular complexity index is 994. The minimum atomic E-state index is -0.285. The average molecular weight is 336 g/mol. The van der Waals surface area contributed by atoms with Crippen LogP contribution in [0.4, 0.5) is 0 Å². The Morgan fingerprint density at radius 1 is 1.04 bits per heavy atom. The van der Waals surface area contributed by atoms with Crippen LogP contribution in [0.25, 0.3) is 16.1 Å². The third-order valence-corrected chi connectivity index (χ3v) is 4.40. The van der Waals surface area contributed by atoms with Gasteiger partial charge in [0.25, 0.3) is 5.91 Å². The molecule has 0 saturated heterocycles. The number of carbonyl (C=O) groups excluding carboxylic acids is 1. The fraction of sp³-hybridized carbons (Fsp3) is 0.0625. The first-order valence-electron chi connectivity index (χ1n) is 7.27. The molecule has 0 aliphatic rings. The molecule has 118 valence electrons. The molecule has 0 spiro atoms. The number of amides is 1. The summed E-state index contributed by atoms with van der Waals surface area (Å²) in [5.41, 5.74) is 1.97. The second-order valence-electron chi connectivity index (χ2n) is 5.02. The van der Waals surface area contributed by atoms with Crippen molar-refractivity contribution in [2.24, 2.45) is 0 Å². The average Bonchev–Trinajstić information content (AvgIpc) is 3.27. The summed E-state index contributed by atoms with van der Waals surface area (Å²) in [5, 5.41) is 20.5. The van der Waals surface area contributed by atoms with Crippen molar-refractivity contribution in [3.8, 4) is 10.6 Å². The van der Waals surface area contributed by atoms with Gasteiger partial charge >= 0.3 is 0 Å². The topological polar surface area (TPSA) is 85.1 Å². The van der Waals surface area contributed by atoms with Gasteiger partial charge in [-0.15, -0.1) is 15.3 Å². The molecule has 0 atom stereocenters. The van der Waals surface area contributed by atoms with E-state index in [1.54, 1.807) is 16.8 Å². The van der Waals surface area contributed by atoms with Crippen LogP contribution in [-0.4, -0.2) is 30.9 Å². The molecule has 4 rings (SSSR count). The molecule has 0 bridgehead atoms. The Kier molecular flexibility index (Phi) is 3.72. The minimum absolute atomic E-state index is 0.285. The van der Waals surface area contributed by atoms with Gasteiger partial charge < -0.3 is 5.32 Å². The largest absolute Gasteiger partial charge is 0.344 e. The van der Waals surface area contributed by atoms with E-state index < -0.39 is 0 Å². The first kappa shape index (κ1) is 14.5.